The topological polar surface area (TPSA) is 53.5 Å². The Morgan fingerprint density at radius 3 is 2.52 bits per heavy atom. The molecule has 2 aromatic rings. The number of rotatable bonds is 11. The number of hydrogen-bond acceptors (Lipinski definition) is 4. The highest BCUT2D eigenvalue weighted by molar-refractivity contribution is 6.30. The summed E-state index contributed by atoms with van der Waals surface area (Å²) in [6.07, 6.45) is 0.965. The van der Waals surface area contributed by atoms with Gasteiger partial charge in [-0.05, 0) is 55.4 Å². The number of aliphatic hydroxyl groups excluding tert-OH is 1. The van der Waals surface area contributed by atoms with Crippen molar-refractivity contribution in [2.24, 2.45) is 0 Å². The molecule has 4 nitrogen and oxygen atoms in total. The third kappa shape index (κ3) is 7.40. The van der Waals surface area contributed by atoms with Crippen molar-refractivity contribution in [3.8, 4) is 5.75 Å². The zero-order valence-electron chi connectivity index (χ0n) is 14.1. The highest BCUT2D eigenvalue weighted by atomic mass is 35.5. The molecule has 3 N–H and O–H groups in total. The molecular weight excluding hydrogens is 343 g/mol. The minimum absolute atomic E-state index is 0.157. The summed E-state index contributed by atoms with van der Waals surface area (Å²) in [5, 5.41) is 15.9. The van der Waals surface area contributed by atoms with Gasteiger partial charge in [0.2, 0.25) is 0 Å². The van der Waals surface area contributed by atoms with E-state index in [1.165, 1.54) is 12.1 Å². The number of aliphatic hydroxyl groups is 1. The molecule has 2 aromatic carbocycles. The van der Waals surface area contributed by atoms with Crippen LogP contribution in [0.25, 0.3) is 0 Å². The van der Waals surface area contributed by atoms with E-state index in [-0.39, 0.29) is 12.4 Å². The van der Waals surface area contributed by atoms with Crippen molar-refractivity contribution in [2.75, 3.05) is 26.2 Å². The number of hydrogen-bond donors (Lipinski definition) is 3. The van der Waals surface area contributed by atoms with Gasteiger partial charge in [0.1, 0.15) is 18.2 Å². The van der Waals surface area contributed by atoms with E-state index in [0.717, 1.165) is 36.4 Å². The summed E-state index contributed by atoms with van der Waals surface area (Å²) in [4.78, 5) is 0. The van der Waals surface area contributed by atoms with Gasteiger partial charge in [-0.25, -0.2) is 4.39 Å². The Labute approximate surface area is 153 Å². The van der Waals surface area contributed by atoms with Crippen LogP contribution in [0.3, 0.4) is 0 Å². The van der Waals surface area contributed by atoms with E-state index in [9.17, 15) is 4.39 Å². The van der Waals surface area contributed by atoms with Crippen molar-refractivity contribution in [2.45, 2.75) is 19.6 Å². The minimum Gasteiger partial charge on any atom is -0.489 e. The van der Waals surface area contributed by atoms with E-state index in [2.05, 4.69) is 10.6 Å². The first-order valence-electron chi connectivity index (χ1n) is 8.37. The lowest BCUT2D eigenvalue weighted by Gasteiger charge is -2.13. The zero-order chi connectivity index (χ0) is 17.9. The van der Waals surface area contributed by atoms with Gasteiger partial charge in [-0.1, -0.05) is 23.7 Å². The Balaban J connectivity index is 1.83. The molecule has 0 aliphatic rings. The largest absolute Gasteiger partial charge is 0.489 e. The van der Waals surface area contributed by atoms with Gasteiger partial charge in [0.25, 0.3) is 0 Å². The van der Waals surface area contributed by atoms with E-state index in [4.69, 9.17) is 21.4 Å². The minimum atomic E-state index is -0.256. The van der Waals surface area contributed by atoms with Gasteiger partial charge in [-0.15, -0.1) is 0 Å². The molecule has 0 aliphatic heterocycles. The van der Waals surface area contributed by atoms with Crippen LogP contribution in [-0.4, -0.2) is 31.3 Å². The van der Waals surface area contributed by atoms with Crippen LogP contribution in [0.15, 0.2) is 42.5 Å². The second-order valence-electron chi connectivity index (χ2n) is 5.67. The lowest BCUT2D eigenvalue weighted by molar-refractivity contribution is 0.292. The number of halogens is 2. The SMILES string of the molecule is OCCNCCCNCc1cc(Cl)ccc1OCc1ccc(F)cc1. The molecule has 0 bridgehead atoms. The lowest BCUT2D eigenvalue weighted by atomic mass is 10.2. The van der Waals surface area contributed by atoms with Crippen molar-refractivity contribution >= 4 is 11.6 Å². The summed E-state index contributed by atoms with van der Waals surface area (Å²) >= 11 is 6.09. The molecule has 0 saturated heterocycles. The maximum absolute atomic E-state index is 12.9. The first-order valence-corrected chi connectivity index (χ1v) is 8.75. The second kappa shape index (κ2) is 11.1. The molecule has 6 heteroatoms. The van der Waals surface area contributed by atoms with Gasteiger partial charge in [-0.2, -0.15) is 0 Å². The van der Waals surface area contributed by atoms with Crippen LogP contribution in [0, 0.1) is 5.82 Å². The van der Waals surface area contributed by atoms with E-state index in [1.807, 2.05) is 12.1 Å². The predicted molar refractivity (Wildman–Crippen MR) is 98.5 cm³/mol. The maximum Gasteiger partial charge on any atom is 0.124 e. The molecule has 0 aliphatic carbocycles. The molecule has 25 heavy (non-hydrogen) atoms. The molecule has 0 fully saturated rings. The molecule has 0 radical (unpaired) electrons. The fourth-order valence-corrected chi connectivity index (χ4v) is 2.53. The van der Waals surface area contributed by atoms with E-state index >= 15 is 0 Å². The number of benzene rings is 2. The molecule has 0 atom stereocenters. The molecular formula is C19H24ClFN2O2. The first-order chi connectivity index (χ1) is 12.2. The smallest absolute Gasteiger partial charge is 0.124 e. The van der Waals surface area contributed by atoms with Gasteiger partial charge < -0.3 is 20.5 Å². The van der Waals surface area contributed by atoms with Gasteiger partial charge in [0.15, 0.2) is 0 Å². The monoisotopic (exact) mass is 366 g/mol. The third-order valence-electron chi connectivity index (χ3n) is 3.64. The molecule has 136 valence electrons. The maximum atomic E-state index is 12.9. The van der Waals surface area contributed by atoms with Crippen molar-refractivity contribution in [1.82, 2.24) is 10.6 Å². The fourth-order valence-electron chi connectivity index (χ4n) is 2.33. The second-order valence-corrected chi connectivity index (χ2v) is 6.11. The van der Waals surface area contributed by atoms with Crippen LogP contribution in [0.5, 0.6) is 5.75 Å². The molecule has 0 unspecified atom stereocenters. The van der Waals surface area contributed by atoms with Gasteiger partial charge in [0, 0.05) is 23.7 Å². The summed E-state index contributed by atoms with van der Waals surface area (Å²) in [7, 11) is 0. The van der Waals surface area contributed by atoms with E-state index < -0.39 is 0 Å². The molecule has 0 spiro atoms. The van der Waals surface area contributed by atoms with E-state index in [0.29, 0.717) is 24.7 Å². The Bertz CT molecular complexity index is 638. The van der Waals surface area contributed by atoms with Crippen LogP contribution in [0.1, 0.15) is 17.5 Å². The quantitative estimate of drug-likeness (QED) is 0.535. The third-order valence-corrected chi connectivity index (χ3v) is 3.88. The Kier molecular flexibility index (Phi) is 8.69. The summed E-state index contributed by atoms with van der Waals surface area (Å²) < 4.78 is 18.8. The Morgan fingerprint density at radius 1 is 1.00 bits per heavy atom. The molecule has 0 aromatic heterocycles. The van der Waals surface area contributed by atoms with Crippen molar-refractivity contribution < 1.29 is 14.2 Å². The van der Waals surface area contributed by atoms with Crippen molar-refractivity contribution in [3.05, 3.63) is 64.4 Å². The molecule has 0 heterocycles. The van der Waals surface area contributed by atoms with Crippen LogP contribution in [0.2, 0.25) is 5.02 Å². The average Bonchev–Trinajstić information content (AvgIpc) is 2.61. The van der Waals surface area contributed by atoms with Crippen LogP contribution < -0.4 is 15.4 Å². The normalized spacial score (nSPS) is 10.8. The summed E-state index contributed by atoms with van der Waals surface area (Å²) in [5.74, 6) is 0.508. The van der Waals surface area contributed by atoms with Gasteiger partial charge in [0.05, 0.1) is 6.61 Å². The zero-order valence-corrected chi connectivity index (χ0v) is 14.9. The van der Waals surface area contributed by atoms with E-state index in [1.54, 1.807) is 18.2 Å². The molecule has 0 amide bonds. The Morgan fingerprint density at radius 2 is 1.76 bits per heavy atom. The summed E-state index contributed by atoms with van der Waals surface area (Å²) in [5.41, 5.74) is 1.89. The van der Waals surface area contributed by atoms with Crippen molar-refractivity contribution in [1.29, 1.82) is 0 Å². The number of ether oxygens (including phenoxy) is 1. The van der Waals surface area contributed by atoms with Crippen LogP contribution in [0.4, 0.5) is 4.39 Å². The van der Waals surface area contributed by atoms with Gasteiger partial charge >= 0.3 is 0 Å². The first kappa shape index (κ1) is 19.7. The van der Waals surface area contributed by atoms with Crippen molar-refractivity contribution in [3.63, 3.8) is 0 Å². The van der Waals surface area contributed by atoms with Crippen LogP contribution >= 0.6 is 11.6 Å². The molecule has 0 saturated carbocycles. The van der Waals surface area contributed by atoms with Gasteiger partial charge in [-0.3, -0.25) is 0 Å². The predicted octanol–water partition coefficient (Wildman–Crippen LogP) is 3.12. The summed E-state index contributed by atoms with van der Waals surface area (Å²) in [6, 6.07) is 11.8. The standard InChI is InChI=1S/C19H24ClFN2O2/c20-17-4-7-19(25-14-15-2-5-18(21)6-3-15)16(12-17)13-23-9-1-8-22-10-11-24/h2-7,12,22-24H,1,8-11,13-14H2. The average molecular weight is 367 g/mol. The lowest BCUT2D eigenvalue weighted by Crippen LogP contribution is -2.24. The highest BCUT2D eigenvalue weighted by Crippen LogP contribution is 2.24. The molecule has 2 rings (SSSR count). The number of nitrogens with one attached hydrogen (secondary N) is 2. The highest BCUT2D eigenvalue weighted by Gasteiger charge is 2.06. The Hall–Kier alpha value is -1.66. The summed E-state index contributed by atoms with van der Waals surface area (Å²) in [6.45, 7) is 3.51. The van der Waals surface area contributed by atoms with Crippen LogP contribution in [-0.2, 0) is 13.2 Å². The fraction of sp³-hybridized carbons (Fsp3) is 0.368.